The first-order chi connectivity index (χ1) is 19.0. The molecule has 3 aliphatic heterocycles. The third-order valence-electron chi connectivity index (χ3n) is 8.29. The lowest BCUT2D eigenvalue weighted by Gasteiger charge is -2.48. The van der Waals surface area contributed by atoms with Crippen molar-refractivity contribution in [3.05, 3.63) is 52.4 Å². The Kier molecular flexibility index (Phi) is 5.91. The number of nitrogens with zero attached hydrogens (tertiary/aromatic N) is 8. The van der Waals surface area contributed by atoms with E-state index in [-0.39, 0.29) is 10.8 Å². The Morgan fingerprint density at radius 1 is 1.33 bits per heavy atom. The Hall–Kier alpha value is -3.40. The molecule has 0 radical (unpaired) electrons. The number of rotatable bonds is 6. The first-order valence-corrected chi connectivity index (χ1v) is 15.0. The van der Waals surface area contributed by atoms with E-state index >= 15 is 0 Å². The van der Waals surface area contributed by atoms with E-state index in [1.807, 2.05) is 30.4 Å². The molecule has 2 fully saturated rings. The average molecular weight is 560 g/mol. The van der Waals surface area contributed by atoms with Crippen LogP contribution >= 0.6 is 23.1 Å². The number of nitriles is 1. The number of ether oxygens (including phenoxy) is 1. The molecule has 2 atom stereocenters. The van der Waals surface area contributed by atoms with Crippen molar-refractivity contribution < 1.29 is 4.74 Å². The molecule has 7 heterocycles. The number of likely N-dealkylation sites (tertiary alicyclic amines) is 1. The maximum Gasteiger partial charge on any atom is 0.320 e. The van der Waals surface area contributed by atoms with Crippen molar-refractivity contribution in [1.82, 2.24) is 29.4 Å². The van der Waals surface area contributed by atoms with Crippen LogP contribution in [0.4, 0.5) is 10.8 Å². The number of nitrogen functional groups attached to an aromatic ring is 1. The van der Waals surface area contributed by atoms with Crippen LogP contribution < -0.4 is 15.4 Å². The quantitative estimate of drug-likeness (QED) is 0.373. The number of pyridine rings is 1. The molecule has 4 aromatic heterocycles. The zero-order valence-electron chi connectivity index (χ0n) is 21.9. The van der Waals surface area contributed by atoms with E-state index in [4.69, 9.17) is 25.4 Å². The molecule has 2 saturated heterocycles. The largest absolute Gasteiger partial charge is 0.462 e. The number of hydrogen-bond acceptors (Lipinski definition) is 11. The molecule has 0 bridgehead atoms. The number of fused-ring (bicyclic) bond motifs is 3. The van der Waals surface area contributed by atoms with Crippen LogP contribution in [-0.4, -0.2) is 68.7 Å². The van der Waals surface area contributed by atoms with Crippen LogP contribution in [0.2, 0.25) is 0 Å². The van der Waals surface area contributed by atoms with Gasteiger partial charge in [-0.15, -0.1) is 23.1 Å². The second-order valence-corrected chi connectivity index (χ2v) is 13.1. The summed E-state index contributed by atoms with van der Waals surface area (Å²) in [6, 6.07) is 7.08. The Bertz CT molecular complexity index is 1590. The molecular weight excluding hydrogens is 530 g/mol. The maximum atomic E-state index is 9.80. The van der Waals surface area contributed by atoms with E-state index < -0.39 is 0 Å². The molecule has 0 amide bonds. The van der Waals surface area contributed by atoms with Crippen molar-refractivity contribution in [2.24, 2.45) is 0 Å². The Labute approximate surface area is 234 Å². The highest BCUT2D eigenvalue weighted by atomic mass is 32.2. The lowest BCUT2D eigenvalue weighted by molar-refractivity contribution is 0.188. The van der Waals surface area contributed by atoms with E-state index in [9.17, 15) is 5.26 Å². The lowest BCUT2D eigenvalue weighted by Crippen LogP contribution is -2.57. The highest BCUT2D eigenvalue weighted by molar-refractivity contribution is 8.00. The number of thioether (sulfide) groups is 1. The van der Waals surface area contributed by atoms with Crippen molar-refractivity contribution in [3.8, 4) is 12.1 Å². The monoisotopic (exact) mass is 559 g/mol. The van der Waals surface area contributed by atoms with Crippen LogP contribution in [0.3, 0.4) is 0 Å². The summed E-state index contributed by atoms with van der Waals surface area (Å²) in [5, 5.41) is 10.4. The number of hydrogen-bond donors (Lipinski definition) is 1. The molecule has 10 nitrogen and oxygen atoms in total. The summed E-state index contributed by atoms with van der Waals surface area (Å²) in [5.74, 6) is 1.66. The summed E-state index contributed by atoms with van der Waals surface area (Å²) in [6.45, 7) is 5.22. The average Bonchev–Trinajstić information content (AvgIpc) is 3.69. The number of anilines is 2. The van der Waals surface area contributed by atoms with Gasteiger partial charge in [-0.3, -0.25) is 4.98 Å². The van der Waals surface area contributed by atoms with Crippen molar-refractivity contribution in [2.75, 3.05) is 43.9 Å². The lowest BCUT2D eigenvalue weighted by atomic mass is 9.88. The normalized spacial score (nSPS) is 20.7. The number of likely N-dealkylation sites (N-methyl/N-ethyl adjacent to an activating group) is 1. The molecular formula is C27H29N9OS2. The van der Waals surface area contributed by atoms with Gasteiger partial charge >= 0.3 is 6.01 Å². The highest BCUT2D eigenvalue weighted by Gasteiger charge is 2.53. The molecule has 0 saturated carbocycles. The molecule has 1 spiro atoms. The van der Waals surface area contributed by atoms with Crippen LogP contribution in [-0.2, 0) is 10.5 Å². The minimum absolute atomic E-state index is 0.0112. The van der Waals surface area contributed by atoms with E-state index in [1.165, 1.54) is 11.3 Å². The van der Waals surface area contributed by atoms with Gasteiger partial charge in [0.15, 0.2) is 17.0 Å². The molecule has 200 valence electrons. The van der Waals surface area contributed by atoms with Crippen molar-refractivity contribution >= 4 is 45.1 Å². The van der Waals surface area contributed by atoms with Crippen LogP contribution in [0.25, 0.3) is 11.2 Å². The first kappa shape index (κ1) is 24.6. The van der Waals surface area contributed by atoms with Gasteiger partial charge in [-0.1, -0.05) is 6.07 Å². The van der Waals surface area contributed by atoms with Gasteiger partial charge < -0.3 is 24.8 Å². The zero-order valence-corrected chi connectivity index (χ0v) is 23.5. The number of aromatic nitrogens is 5. The summed E-state index contributed by atoms with van der Waals surface area (Å²) in [5.41, 5.74) is 10.5. The van der Waals surface area contributed by atoms with Gasteiger partial charge in [0.1, 0.15) is 17.7 Å². The molecule has 4 aromatic rings. The molecule has 2 N–H and O–H groups in total. The van der Waals surface area contributed by atoms with E-state index in [0.717, 1.165) is 59.9 Å². The summed E-state index contributed by atoms with van der Waals surface area (Å²) in [4.78, 5) is 24.7. The highest BCUT2D eigenvalue weighted by Crippen LogP contribution is 2.58. The minimum atomic E-state index is -0.148. The summed E-state index contributed by atoms with van der Waals surface area (Å²) < 4.78 is 8.16. The summed E-state index contributed by atoms with van der Waals surface area (Å²) >= 11 is 3.45. The predicted molar refractivity (Wildman–Crippen MR) is 153 cm³/mol. The maximum absolute atomic E-state index is 9.80. The smallest absolute Gasteiger partial charge is 0.320 e. The first-order valence-electron chi connectivity index (χ1n) is 13.2. The molecule has 3 aliphatic rings. The number of imidazole rings is 1. The van der Waals surface area contributed by atoms with Gasteiger partial charge in [0.05, 0.1) is 22.7 Å². The fourth-order valence-corrected chi connectivity index (χ4v) is 8.84. The van der Waals surface area contributed by atoms with Gasteiger partial charge in [-0.25, -0.2) is 4.98 Å². The topological polar surface area (TPSA) is 122 Å². The molecule has 39 heavy (non-hydrogen) atoms. The third kappa shape index (κ3) is 3.94. The van der Waals surface area contributed by atoms with Crippen molar-refractivity contribution in [2.45, 2.75) is 42.3 Å². The number of nitrogens with two attached hydrogens (primary N) is 1. The van der Waals surface area contributed by atoms with E-state index in [0.29, 0.717) is 29.2 Å². The zero-order chi connectivity index (χ0) is 26.7. The van der Waals surface area contributed by atoms with Gasteiger partial charge in [-0.05, 0) is 45.0 Å². The van der Waals surface area contributed by atoms with Crippen LogP contribution in [0.1, 0.15) is 47.4 Å². The second kappa shape index (κ2) is 9.36. The molecule has 12 heteroatoms. The van der Waals surface area contributed by atoms with Gasteiger partial charge in [-0.2, -0.15) is 15.2 Å². The fraction of sp³-hybridized carbons (Fsp3) is 0.444. The van der Waals surface area contributed by atoms with Gasteiger partial charge in [0, 0.05) is 47.7 Å². The summed E-state index contributed by atoms with van der Waals surface area (Å²) in [7, 11) is 2.14. The van der Waals surface area contributed by atoms with Crippen LogP contribution in [0.15, 0.2) is 30.9 Å². The Balaban J connectivity index is 1.25. The van der Waals surface area contributed by atoms with E-state index in [1.54, 1.807) is 17.5 Å². The third-order valence-corrected chi connectivity index (χ3v) is 10.9. The Morgan fingerprint density at radius 3 is 2.95 bits per heavy atom. The van der Waals surface area contributed by atoms with Gasteiger partial charge in [0.2, 0.25) is 0 Å². The van der Waals surface area contributed by atoms with Crippen LogP contribution in [0, 0.1) is 11.3 Å². The fourth-order valence-electron chi connectivity index (χ4n) is 6.03. The second-order valence-electron chi connectivity index (χ2n) is 10.6. The predicted octanol–water partition coefficient (Wildman–Crippen LogP) is 3.78. The van der Waals surface area contributed by atoms with Crippen molar-refractivity contribution in [3.63, 3.8) is 0 Å². The Morgan fingerprint density at radius 2 is 2.21 bits per heavy atom. The summed E-state index contributed by atoms with van der Waals surface area (Å²) in [6.07, 6.45) is 7.78. The minimum Gasteiger partial charge on any atom is -0.462 e. The number of thiophene rings is 1. The van der Waals surface area contributed by atoms with E-state index in [2.05, 4.69) is 45.5 Å². The van der Waals surface area contributed by atoms with Gasteiger partial charge in [0.25, 0.3) is 0 Å². The molecule has 1 unspecified atom stereocenters. The SMILES string of the molecule is CC(c1cccnc1)n1cnc2c(N3CC4(C3)SCc3sc(N)c(C#N)c34)nc(OC[C@@H]3CCCN3C)nc21. The molecule has 0 aliphatic carbocycles. The standard InChI is InChI=1S/C27H29N9OS2/c1-16(17-5-3-7-30-10-17)36-15-31-22-24(32-26(33-25(22)36)37-11-18-6-4-8-34(18)2)35-13-27(14-35)21-19(9-28)23(29)39-20(21)12-38-27/h3,5,7,10,15-16,18H,4,6,8,11-14,29H2,1-2H3/t16?,18-/m0/s1. The molecule has 0 aromatic carbocycles. The van der Waals surface area contributed by atoms with Crippen molar-refractivity contribution in [1.29, 1.82) is 5.26 Å². The molecule has 7 rings (SSSR count). The van der Waals surface area contributed by atoms with Crippen LogP contribution in [0.5, 0.6) is 6.01 Å².